The number of halogens is 1. The molecule has 31 heavy (non-hydrogen) atoms. The first-order valence-corrected chi connectivity index (χ1v) is 13.3. The summed E-state index contributed by atoms with van der Waals surface area (Å²) in [5, 5.41) is 20.4. The molecule has 0 radical (unpaired) electrons. The molecule has 1 aromatic rings. The van der Waals surface area contributed by atoms with E-state index in [0.717, 1.165) is 12.3 Å². The Labute approximate surface area is 175 Å². The molecule has 0 saturated carbocycles. The van der Waals surface area contributed by atoms with Gasteiger partial charge in [-0.25, -0.2) is 22.6 Å². The lowest BCUT2D eigenvalue weighted by Gasteiger charge is -2.30. The molecule has 21 heteroatoms. The number of aliphatic hydroxyl groups excluding tert-OH is 2. The van der Waals surface area contributed by atoms with E-state index < -0.39 is 70.9 Å². The number of rotatable bonds is 9. The third kappa shape index (κ3) is 6.66. The number of aliphatic hydroxyl groups is 2. The maximum atomic E-state index is 13.8. The van der Waals surface area contributed by atoms with Gasteiger partial charge < -0.3 is 39.0 Å². The Morgan fingerprint density at radius 1 is 1.23 bits per heavy atom. The Balaban J connectivity index is 2.21. The number of nitrogens with one attached hydrogen (secondary N) is 1. The lowest BCUT2D eigenvalue weighted by Crippen LogP contribution is -2.48. The molecule has 1 aromatic heterocycles. The summed E-state index contributed by atoms with van der Waals surface area (Å²) in [4.78, 5) is 60.9. The van der Waals surface area contributed by atoms with Gasteiger partial charge in [0.1, 0.15) is 18.9 Å². The molecular formula is C10H16FN2O14P3S. The number of hydrogen-bond donors (Lipinski definition) is 7. The van der Waals surface area contributed by atoms with Gasteiger partial charge in [-0.2, -0.15) is 4.31 Å². The Morgan fingerprint density at radius 2 is 1.84 bits per heavy atom. The van der Waals surface area contributed by atoms with Crippen molar-refractivity contribution in [3.63, 3.8) is 0 Å². The summed E-state index contributed by atoms with van der Waals surface area (Å²) in [6, 6.07) is 0.872. The van der Waals surface area contributed by atoms with Crippen LogP contribution in [0.4, 0.5) is 4.39 Å². The Bertz CT molecular complexity index is 1070. The van der Waals surface area contributed by atoms with Crippen LogP contribution in [0, 0.1) is 0 Å². The van der Waals surface area contributed by atoms with Gasteiger partial charge in [0.15, 0.2) is 11.8 Å². The van der Waals surface area contributed by atoms with Gasteiger partial charge in [0, 0.05) is 12.3 Å². The van der Waals surface area contributed by atoms with Crippen LogP contribution in [0.3, 0.4) is 0 Å². The van der Waals surface area contributed by atoms with Gasteiger partial charge in [-0.1, -0.05) is 0 Å². The predicted octanol–water partition coefficient (Wildman–Crippen LogP) is -2.04. The second-order valence-electron chi connectivity index (χ2n) is 6.02. The van der Waals surface area contributed by atoms with E-state index in [-0.39, 0.29) is 0 Å². The average Bonchev–Trinajstić information content (AvgIpc) is 2.82. The van der Waals surface area contributed by atoms with Gasteiger partial charge in [0.25, 0.3) is 5.56 Å². The van der Waals surface area contributed by atoms with Crippen molar-refractivity contribution in [1.82, 2.24) is 9.55 Å². The third-order valence-corrected chi connectivity index (χ3v) is 8.45. The summed E-state index contributed by atoms with van der Waals surface area (Å²) in [6.45, 7) is -7.69. The molecule has 6 atom stereocenters. The summed E-state index contributed by atoms with van der Waals surface area (Å²) in [7, 11) is -11.2. The van der Waals surface area contributed by atoms with Crippen molar-refractivity contribution < 1.29 is 61.2 Å². The lowest BCUT2D eigenvalue weighted by molar-refractivity contribution is -0.135. The maximum absolute atomic E-state index is 13.8. The highest BCUT2D eigenvalue weighted by atomic mass is 32.5. The fourth-order valence-corrected chi connectivity index (χ4v) is 6.45. The number of aromatic nitrogens is 2. The van der Waals surface area contributed by atoms with E-state index in [1.807, 2.05) is 4.98 Å². The summed E-state index contributed by atoms with van der Waals surface area (Å²) in [6.07, 6.45) is -4.91. The quantitative estimate of drug-likeness (QED) is 0.169. The molecule has 1 unspecified atom stereocenters. The van der Waals surface area contributed by atoms with Gasteiger partial charge in [-0.3, -0.25) is 14.3 Å². The number of phosphoric acid groups is 2. The van der Waals surface area contributed by atoms with Crippen LogP contribution in [-0.4, -0.2) is 70.4 Å². The van der Waals surface area contributed by atoms with Crippen molar-refractivity contribution in [3.05, 3.63) is 33.1 Å². The van der Waals surface area contributed by atoms with E-state index in [1.54, 1.807) is 0 Å². The van der Waals surface area contributed by atoms with Crippen molar-refractivity contribution in [2.24, 2.45) is 0 Å². The molecule has 16 nitrogen and oxygen atoms in total. The van der Waals surface area contributed by atoms with E-state index in [9.17, 15) is 43.1 Å². The van der Waals surface area contributed by atoms with E-state index >= 15 is 0 Å². The zero-order chi connectivity index (χ0) is 23.8. The first kappa shape index (κ1) is 26.6. The number of H-pyrrole nitrogens is 1. The van der Waals surface area contributed by atoms with Crippen LogP contribution < -0.4 is 11.2 Å². The van der Waals surface area contributed by atoms with Crippen LogP contribution >= 0.6 is 22.4 Å². The molecule has 7 N–H and O–H groups in total. The van der Waals surface area contributed by atoms with Crippen LogP contribution in [-0.2, 0) is 38.8 Å². The minimum absolute atomic E-state index is 0.619. The fraction of sp³-hybridized carbons (Fsp3) is 0.600. The summed E-state index contributed by atoms with van der Waals surface area (Å²) >= 11 is 4.38. The second-order valence-corrected chi connectivity index (χ2v) is 11.8. The van der Waals surface area contributed by atoms with Crippen molar-refractivity contribution in [1.29, 1.82) is 0 Å². The highest BCUT2D eigenvalue weighted by Gasteiger charge is 2.56. The second kappa shape index (κ2) is 9.29. The number of ether oxygens (including phenoxy) is 1. The summed E-state index contributed by atoms with van der Waals surface area (Å²) < 4.78 is 53.8. The first-order chi connectivity index (χ1) is 14.0. The third-order valence-electron chi connectivity index (χ3n) is 3.75. The van der Waals surface area contributed by atoms with Crippen LogP contribution in [0.25, 0.3) is 0 Å². The molecule has 1 aliphatic rings. The molecule has 2 heterocycles. The highest BCUT2D eigenvalue weighted by molar-refractivity contribution is 8.08. The van der Waals surface area contributed by atoms with Crippen LogP contribution in [0.15, 0.2) is 21.9 Å². The molecular weight excluding hydrogens is 516 g/mol. The summed E-state index contributed by atoms with van der Waals surface area (Å²) in [5.41, 5.74) is -4.36. The van der Waals surface area contributed by atoms with E-state index in [0.29, 0.717) is 4.57 Å². The Hall–Kier alpha value is -0.680. The molecule has 0 bridgehead atoms. The van der Waals surface area contributed by atoms with Gasteiger partial charge >= 0.3 is 28.1 Å². The minimum Gasteiger partial charge on any atom is -0.387 e. The molecule has 0 aromatic carbocycles. The largest absolute Gasteiger partial charge is 0.488 e. The molecule has 1 fully saturated rings. The molecule has 0 amide bonds. The van der Waals surface area contributed by atoms with Gasteiger partial charge in [0.2, 0.25) is 0 Å². The molecule has 2 rings (SSSR count). The predicted molar refractivity (Wildman–Crippen MR) is 98.7 cm³/mol. The van der Waals surface area contributed by atoms with Crippen LogP contribution in [0.1, 0.15) is 6.23 Å². The minimum atomic E-state index is -5.64. The molecule has 178 valence electrons. The number of nitrogens with zero attached hydrogens (tertiary/aromatic N) is 1. The monoisotopic (exact) mass is 532 g/mol. The van der Waals surface area contributed by atoms with Gasteiger partial charge in [0.05, 0.1) is 6.61 Å². The maximum Gasteiger partial charge on any atom is 0.488 e. The van der Waals surface area contributed by atoms with E-state index in [2.05, 4.69) is 25.0 Å². The van der Waals surface area contributed by atoms with Gasteiger partial charge in [-0.05, 0) is 11.8 Å². The SMILES string of the molecule is O=c1ccn([C@@H]2O[C@](CF)(CO[P@@](O)(=S)OP(=O)(O)OP(=O)(O)O)[C@@H](O)[C@H]2O)c(=O)[nH]1. The lowest BCUT2D eigenvalue weighted by atomic mass is 9.98. The average molecular weight is 532 g/mol. The fourth-order valence-electron chi connectivity index (χ4n) is 2.46. The number of hydrogen-bond acceptors (Lipinski definition) is 11. The van der Waals surface area contributed by atoms with E-state index in [1.165, 1.54) is 0 Å². The van der Waals surface area contributed by atoms with Gasteiger partial charge in [-0.15, -0.1) is 0 Å². The molecule has 0 aliphatic carbocycles. The zero-order valence-corrected chi connectivity index (χ0v) is 18.3. The van der Waals surface area contributed by atoms with Crippen molar-refractivity contribution >= 4 is 34.2 Å². The van der Waals surface area contributed by atoms with Crippen LogP contribution in [0.2, 0.25) is 0 Å². The highest BCUT2D eigenvalue weighted by Crippen LogP contribution is 2.66. The first-order valence-electron chi connectivity index (χ1n) is 7.71. The van der Waals surface area contributed by atoms with Crippen molar-refractivity contribution in [2.45, 2.75) is 24.0 Å². The molecule has 1 saturated heterocycles. The zero-order valence-electron chi connectivity index (χ0n) is 14.8. The van der Waals surface area contributed by atoms with Crippen molar-refractivity contribution in [3.8, 4) is 0 Å². The number of alkyl halides is 1. The molecule has 1 aliphatic heterocycles. The summed E-state index contributed by atoms with van der Waals surface area (Å²) in [5.74, 6) is 0. The smallest absolute Gasteiger partial charge is 0.387 e. The van der Waals surface area contributed by atoms with Crippen LogP contribution in [0.5, 0.6) is 0 Å². The topological polar surface area (TPSA) is 247 Å². The van der Waals surface area contributed by atoms with Crippen molar-refractivity contribution in [2.75, 3.05) is 13.3 Å². The Morgan fingerprint density at radius 3 is 2.35 bits per heavy atom. The number of aromatic amines is 1. The Kier molecular flexibility index (Phi) is 7.96. The molecule has 0 spiro atoms. The van der Waals surface area contributed by atoms with E-state index in [4.69, 9.17) is 14.5 Å². The standard InChI is InChI=1S/C10H16FN2O14P3S/c11-3-10(4-24-30(23,31)27-29(21,22)26-28(18,19)20)7(16)6(15)8(25-10)13-2-1-5(14)12-9(13)17/h1-2,6-8,15-16H,3-4H2,(H,21,22)(H,23,31)(H,12,14,17)(H2,18,19,20)/t6-,7+,8-,10-,30-/m1/s1. The normalized spacial score (nSPS) is 30.6.